The second kappa shape index (κ2) is 8.12. The predicted molar refractivity (Wildman–Crippen MR) is 85.6 cm³/mol. The van der Waals surface area contributed by atoms with Gasteiger partial charge >= 0.3 is 0 Å². The lowest BCUT2D eigenvalue weighted by Gasteiger charge is -2.13. The lowest BCUT2D eigenvalue weighted by Crippen LogP contribution is -2.32. The van der Waals surface area contributed by atoms with Crippen molar-refractivity contribution < 1.29 is 4.79 Å². The molecular weight excluding hydrogens is 274 g/mol. The number of halogens is 1. The maximum absolute atomic E-state index is 11.7. The van der Waals surface area contributed by atoms with E-state index in [0.29, 0.717) is 11.6 Å². The zero-order valence-electron chi connectivity index (χ0n) is 12.7. The van der Waals surface area contributed by atoms with E-state index in [9.17, 15) is 4.79 Å². The van der Waals surface area contributed by atoms with Crippen LogP contribution in [0.1, 0.15) is 17.5 Å². The predicted octanol–water partition coefficient (Wildman–Crippen LogP) is 2.44. The topological polar surface area (TPSA) is 44.4 Å². The fourth-order valence-corrected chi connectivity index (χ4v) is 2.38. The monoisotopic (exact) mass is 297 g/mol. The Balaban J connectivity index is 2.38. The van der Waals surface area contributed by atoms with Crippen LogP contribution < -0.4 is 10.6 Å². The second-order valence-corrected chi connectivity index (χ2v) is 5.71. The Bertz CT molecular complexity index is 437. The molecule has 112 valence electrons. The van der Waals surface area contributed by atoms with Crippen LogP contribution in [0.15, 0.2) is 12.1 Å². The van der Waals surface area contributed by atoms with Gasteiger partial charge in [-0.2, -0.15) is 0 Å². The molecule has 0 aromatic heterocycles. The van der Waals surface area contributed by atoms with Crippen molar-refractivity contribution in [1.82, 2.24) is 10.2 Å². The van der Waals surface area contributed by atoms with Crippen molar-refractivity contribution in [2.24, 2.45) is 0 Å². The van der Waals surface area contributed by atoms with Crippen LogP contribution >= 0.6 is 11.6 Å². The molecular formula is C15H24ClN3O. The molecule has 0 bridgehead atoms. The lowest BCUT2D eigenvalue weighted by atomic mass is 10.1. The third-order valence-electron chi connectivity index (χ3n) is 2.96. The second-order valence-electron chi connectivity index (χ2n) is 5.30. The van der Waals surface area contributed by atoms with Crippen molar-refractivity contribution in [2.75, 3.05) is 39.0 Å². The first-order valence-corrected chi connectivity index (χ1v) is 7.20. The molecule has 1 aromatic carbocycles. The molecule has 20 heavy (non-hydrogen) atoms. The highest BCUT2D eigenvalue weighted by Gasteiger charge is 2.07. The number of benzene rings is 1. The van der Waals surface area contributed by atoms with Crippen molar-refractivity contribution in [3.63, 3.8) is 0 Å². The number of carbonyl (C=O) groups excluding carboxylic acids is 1. The summed E-state index contributed by atoms with van der Waals surface area (Å²) in [4.78, 5) is 13.8. The summed E-state index contributed by atoms with van der Waals surface area (Å²) in [6.45, 7) is 5.89. The van der Waals surface area contributed by atoms with E-state index in [1.807, 2.05) is 40.1 Å². The Kier molecular flexibility index (Phi) is 6.82. The molecule has 1 rings (SSSR count). The third kappa shape index (κ3) is 5.80. The van der Waals surface area contributed by atoms with Gasteiger partial charge in [-0.1, -0.05) is 17.7 Å². The first-order chi connectivity index (χ1) is 9.40. The quantitative estimate of drug-likeness (QED) is 0.760. The van der Waals surface area contributed by atoms with E-state index in [4.69, 9.17) is 11.6 Å². The molecule has 4 nitrogen and oxygen atoms in total. The third-order valence-corrected chi connectivity index (χ3v) is 3.26. The van der Waals surface area contributed by atoms with E-state index in [1.54, 1.807) is 0 Å². The Hall–Kier alpha value is -1.26. The normalized spacial score (nSPS) is 10.7. The maximum atomic E-state index is 11.7. The van der Waals surface area contributed by atoms with Gasteiger partial charge in [0.25, 0.3) is 0 Å². The Labute approximate surface area is 126 Å². The molecule has 1 amide bonds. The number of aryl methyl sites for hydroxylation is 2. The molecule has 0 aliphatic carbocycles. The molecule has 0 atom stereocenters. The van der Waals surface area contributed by atoms with Crippen LogP contribution in [0.5, 0.6) is 0 Å². The average Bonchev–Trinajstić information content (AvgIpc) is 2.33. The molecule has 1 aromatic rings. The SMILES string of the molecule is Cc1cc(C)c(NCC(=O)NCCCN(C)C)c(Cl)c1. The lowest BCUT2D eigenvalue weighted by molar-refractivity contribution is -0.119. The van der Waals surface area contributed by atoms with Crippen LogP contribution in [-0.2, 0) is 4.79 Å². The zero-order chi connectivity index (χ0) is 15.1. The number of rotatable bonds is 7. The molecule has 0 fully saturated rings. The van der Waals surface area contributed by atoms with Gasteiger partial charge in [-0.3, -0.25) is 4.79 Å². The minimum Gasteiger partial charge on any atom is -0.375 e. The molecule has 0 saturated heterocycles. The summed E-state index contributed by atoms with van der Waals surface area (Å²) in [6, 6.07) is 3.94. The van der Waals surface area contributed by atoms with Gasteiger partial charge in [0.2, 0.25) is 5.91 Å². The van der Waals surface area contributed by atoms with Gasteiger partial charge in [0.1, 0.15) is 0 Å². The molecule has 0 spiro atoms. The summed E-state index contributed by atoms with van der Waals surface area (Å²) >= 11 is 6.18. The average molecular weight is 298 g/mol. The smallest absolute Gasteiger partial charge is 0.239 e. The highest BCUT2D eigenvalue weighted by molar-refractivity contribution is 6.33. The first kappa shape index (κ1) is 16.8. The van der Waals surface area contributed by atoms with Crippen LogP contribution in [0.2, 0.25) is 5.02 Å². The van der Waals surface area contributed by atoms with E-state index < -0.39 is 0 Å². The summed E-state index contributed by atoms with van der Waals surface area (Å²) in [7, 11) is 4.04. The minimum atomic E-state index is -0.0141. The van der Waals surface area contributed by atoms with Gasteiger partial charge < -0.3 is 15.5 Å². The van der Waals surface area contributed by atoms with Crippen molar-refractivity contribution in [2.45, 2.75) is 20.3 Å². The zero-order valence-corrected chi connectivity index (χ0v) is 13.5. The molecule has 0 heterocycles. The maximum Gasteiger partial charge on any atom is 0.239 e. The number of nitrogens with one attached hydrogen (secondary N) is 2. The Morgan fingerprint density at radius 3 is 2.60 bits per heavy atom. The van der Waals surface area contributed by atoms with Crippen LogP contribution in [-0.4, -0.2) is 44.5 Å². The number of hydrogen-bond donors (Lipinski definition) is 2. The van der Waals surface area contributed by atoms with Gasteiger partial charge in [-0.25, -0.2) is 0 Å². The standard InChI is InChI=1S/C15H24ClN3O/c1-11-8-12(2)15(13(16)9-11)18-10-14(20)17-6-5-7-19(3)4/h8-9,18H,5-7,10H2,1-4H3,(H,17,20). The minimum absolute atomic E-state index is 0.0141. The fraction of sp³-hybridized carbons (Fsp3) is 0.533. The summed E-state index contributed by atoms with van der Waals surface area (Å²) in [5.41, 5.74) is 3.00. The highest BCUT2D eigenvalue weighted by atomic mass is 35.5. The van der Waals surface area contributed by atoms with Gasteiger partial charge in [-0.15, -0.1) is 0 Å². The highest BCUT2D eigenvalue weighted by Crippen LogP contribution is 2.26. The molecule has 0 unspecified atom stereocenters. The molecule has 0 saturated carbocycles. The van der Waals surface area contributed by atoms with Crippen molar-refractivity contribution >= 4 is 23.2 Å². The van der Waals surface area contributed by atoms with E-state index in [2.05, 4.69) is 15.5 Å². The van der Waals surface area contributed by atoms with E-state index in [1.165, 1.54) is 0 Å². The number of hydrogen-bond acceptors (Lipinski definition) is 3. The Morgan fingerprint density at radius 1 is 1.30 bits per heavy atom. The molecule has 5 heteroatoms. The molecule has 0 aliphatic rings. The number of carbonyl (C=O) groups is 1. The largest absolute Gasteiger partial charge is 0.375 e. The molecule has 2 N–H and O–H groups in total. The summed E-state index contributed by atoms with van der Waals surface area (Å²) < 4.78 is 0. The van der Waals surface area contributed by atoms with Crippen LogP contribution in [0, 0.1) is 13.8 Å². The Morgan fingerprint density at radius 2 is 2.00 bits per heavy atom. The van der Waals surface area contributed by atoms with Crippen molar-refractivity contribution in [3.05, 3.63) is 28.3 Å². The van der Waals surface area contributed by atoms with Gasteiger partial charge in [0, 0.05) is 6.54 Å². The van der Waals surface area contributed by atoms with Crippen molar-refractivity contribution in [1.29, 1.82) is 0 Å². The van der Waals surface area contributed by atoms with Gasteiger partial charge in [-0.05, 0) is 58.1 Å². The van der Waals surface area contributed by atoms with Crippen LogP contribution in [0.4, 0.5) is 5.69 Å². The number of nitrogens with zero attached hydrogens (tertiary/aromatic N) is 1. The van der Waals surface area contributed by atoms with Crippen molar-refractivity contribution in [3.8, 4) is 0 Å². The number of anilines is 1. The summed E-state index contributed by atoms with van der Waals surface area (Å²) in [6.07, 6.45) is 0.947. The van der Waals surface area contributed by atoms with E-state index in [-0.39, 0.29) is 12.5 Å². The first-order valence-electron chi connectivity index (χ1n) is 6.82. The van der Waals surface area contributed by atoms with Crippen LogP contribution in [0.3, 0.4) is 0 Å². The molecule has 0 aliphatic heterocycles. The summed E-state index contributed by atoms with van der Waals surface area (Å²) in [5.74, 6) is -0.0141. The van der Waals surface area contributed by atoms with E-state index in [0.717, 1.165) is 29.8 Å². The van der Waals surface area contributed by atoms with Gasteiger partial charge in [0.05, 0.1) is 17.3 Å². The van der Waals surface area contributed by atoms with Crippen LogP contribution in [0.25, 0.3) is 0 Å². The fourth-order valence-electron chi connectivity index (χ4n) is 1.99. The number of amides is 1. The summed E-state index contributed by atoms with van der Waals surface area (Å²) in [5, 5.41) is 6.65. The van der Waals surface area contributed by atoms with E-state index >= 15 is 0 Å². The molecule has 0 radical (unpaired) electrons. The van der Waals surface area contributed by atoms with Gasteiger partial charge in [0.15, 0.2) is 0 Å².